The van der Waals surface area contributed by atoms with Gasteiger partial charge in [-0.15, -0.1) is 0 Å². The maximum absolute atomic E-state index is 11.2. The average molecular weight is 303 g/mol. The molecule has 0 heterocycles. The van der Waals surface area contributed by atoms with Crippen LogP contribution in [0.5, 0.6) is 0 Å². The van der Waals surface area contributed by atoms with Crippen LogP contribution in [0.25, 0.3) is 0 Å². The Morgan fingerprint density at radius 3 is 2.52 bits per heavy atom. The molecule has 2 aromatic rings. The van der Waals surface area contributed by atoms with E-state index in [4.69, 9.17) is 17.3 Å². The number of nitrogens with two attached hydrogens (primary N) is 1. The molecule has 110 valence electrons. The number of benzene rings is 2. The zero-order valence-electron chi connectivity index (χ0n) is 12.4. The molecule has 0 aliphatic rings. The van der Waals surface area contributed by atoms with Crippen molar-refractivity contribution in [1.29, 1.82) is 0 Å². The molecule has 0 fully saturated rings. The van der Waals surface area contributed by atoms with Gasteiger partial charge in [0.05, 0.1) is 10.6 Å². The van der Waals surface area contributed by atoms with E-state index in [1.807, 2.05) is 6.07 Å². The highest BCUT2D eigenvalue weighted by molar-refractivity contribution is 6.34. The SMILES string of the molecule is Cc1ccc(C)c(C(C)Nc2ccc(C(N)=O)c(Cl)c2)c1. The number of amides is 1. The first-order valence-electron chi connectivity index (χ1n) is 6.81. The lowest BCUT2D eigenvalue weighted by molar-refractivity contribution is 0.100. The first kappa shape index (κ1) is 15.4. The van der Waals surface area contributed by atoms with Gasteiger partial charge in [0, 0.05) is 11.7 Å². The number of carbonyl (C=O) groups is 1. The summed E-state index contributed by atoms with van der Waals surface area (Å²) < 4.78 is 0. The molecule has 0 radical (unpaired) electrons. The summed E-state index contributed by atoms with van der Waals surface area (Å²) in [5.41, 5.74) is 10.1. The van der Waals surface area contributed by atoms with Crippen LogP contribution in [0.2, 0.25) is 5.02 Å². The molecule has 0 aliphatic heterocycles. The third-order valence-corrected chi connectivity index (χ3v) is 3.83. The molecule has 2 rings (SSSR count). The van der Waals surface area contributed by atoms with Crippen LogP contribution in [0.1, 0.15) is 40.0 Å². The van der Waals surface area contributed by atoms with Gasteiger partial charge in [-0.2, -0.15) is 0 Å². The molecule has 3 nitrogen and oxygen atoms in total. The third kappa shape index (κ3) is 3.56. The van der Waals surface area contributed by atoms with Crippen LogP contribution in [0.3, 0.4) is 0 Å². The summed E-state index contributed by atoms with van der Waals surface area (Å²) in [7, 11) is 0. The van der Waals surface area contributed by atoms with Crippen molar-refractivity contribution < 1.29 is 4.79 Å². The van der Waals surface area contributed by atoms with Crippen LogP contribution < -0.4 is 11.1 Å². The molecule has 0 bridgehead atoms. The summed E-state index contributed by atoms with van der Waals surface area (Å²) in [4.78, 5) is 11.2. The number of nitrogens with one attached hydrogen (secondary N) is 1. The van der Waals surface area contributed by atoms with E-state index < -0.39 is 5.91 Å². The van der Waals surface area contributed by atoms with E-state index in [-0.39, 0.29) is 6.04 Å². The number of halogens is 1. The van der Waals surface area contributed by atoms with Gasteiger partial charge in [0.15, 0.2) is 0 Å². The molecule has 21 heavy (non-hydrogen) atoms. The van der Waals surface area contributed by atoms with E-state index >= 15 is 0 Å². The molecule has 1 amide bonds. The second-order valence-corrected chi connectivity index (χ2v) is 5.69. The van der Waals surface area contributed by atoms with Crippen molar-refractivity contribution in [3.05, 3.63) is 63.7 Å². The van der Waals surface area contributed by atoms with Crippen molar-refractivity contribution in [1.82, 2.24) is 0 Å². The lowest BCUT2D eigenvalue weighted by atomic mass is 10.00. The summed E-state index contributed by atoms with van der Waals surface area (Å²) in [5.74, 6) is -0.519. The third-order valence-electron chi connectivity index (χ3n) is 3.52. The highest BCUT2D eigenvalue weighted by Gasteiger charge is 2.11. The lowest BCUT2D eigenvalue weighted by Crippen LogP contribution is -2.12. The zero-order chi connectivity index (χ0) is 15.6. The molecule has 0 saturated heterocycles. The molecule has 0 aromatic heterocycles. The van der Waals surface area contributed by atoms with E-state index in [2.05, 4.69) is 44.3 Å². The first-order valence-corrected chi connectivity index (χ1v) is 7.19. The van der Waals surface area contributed by atoms with Crippen LogP contribution in [-0.4, -0.2) is 5.91 Å². The molecular weight excluding hydrogens is 284 g/mol. The number of carbonyl (C=O) groups excluding carboxylic acids is 1. The maximum Gasteiger partial charge on any atom is 0.250 e. The average Bonchev–Trinajstić information content (AvgIpc) is 2.41. The van der Waals surface area contributed by atoms with Crippen LogP contribution in [-0.2, 0) is 0 Å². The van der Waals surface area contributed by atoms with Gasteiger partial charge in [-0.3, -0.25) is 4.79 Å². The molecule has 4 heteroatoms. The monoisotopic (exact) mass is 302 g/mol. The largest absolute Gasteiger partial charge is 0.378 e. The molecule has 3 N–H and O–H groups in total. The number of anilines is 1. The van der Waals surface area contributed by atoms with Crippen molar-refractivity contribution in [3.63, 3.8) is 0 Å². The van der Waals surface area contributed by atoms with Gasteiger partial charge in [0.2, 0.25) is 5.91 Å². The number of rotatable bonds is 4. The Bertz CT molecular complexity index is 682. The Labute approximate surface area is 130 Å². The maximum atomic E-state index is 11.2. The summed E-state index contributed by atoms with van der Waals surface area (Å²) in [6.07, 6.45) is 0. The van der Waals surface area contributed by atoms with Crippen molar-refractivity contribution in [2.24, 2.45) is 5.73 Å². The number of hydrogen-bond acceptors (Lipinski definition) is 2. The Kier molecular flexibility index (Phi) is 4.53. The lowest BCUT2D eigenvalue weighted by Gasteiger charge is -2.19. The van der Waals surface area contributed by atoms with Crippen LogP contribution in [0.4, 0.5) is 5.69 Å². The number of aryl methyl sites for hydroxylation is 2. The fraction of sp³-hybridized carbons (Fsp3) is 0.235. The Balaban J connectivity index is 2.23. The van der Waals surface area contributed by atoms with Gasteiger partial charge in [0.1, 0.15) is 0 Å². The predicted octanol–water partition coefficient (Wildman–Crippen LogP) is 4.23. The van der Waals surface area contributed by atoms with Crippen LogP contribution in [0, 0.1) is 13.8 Å². The fourth-order valence-corrected chi connectivity index (χ4v) is 2.63. The zero-order valence-corrected chi connectivity index (χ0v) is 13.2. The Morgan fingerprint density at radius 1 is 1.19 bits per heavy atom. The predicted molar refractivity (Wildman–Crippen MR) is 87.9 cm³/mol. The van der Waals surface area contributed by atoms with Gasteiger partial charge in [0.25, 0.3) is 0 Å². The van der Waals surface area contributed by atoms with Crippen LogP contribution >= 0.6 is 11.6 Å². The van der Waals surface area contributed by atoms with Crippen LogP contribution in [0.15, 0.2) is 36.4 Å². The fourth-order valence-electron chi connectivity index (χ4n) is 2.36. The normalized spacial score (nSPS) is 12.0. The molecule has 1 atom stereocenters. The highest BCUT2D eigenvalue weighted by Crippen LogP contribution is 2.26. The summed E-state index contributed by atoms with van der Waals surface area (Å²) in [5, 5.41) is 3.76. The molecule has 0 aliphatic carbocycles. The molecule has 0 spiro atoms. The van der Waals surface area contributed by atoms with Crippen molar-refractivity contribution in [2.75, 3.05) is 5.32 Å². The van der Waals surface area contributed by atoms with Gasteiger partial charge in [-0.1, -0.05) is 35.4 Å². The minimum Gasteiger partial charge on any atom is -0.378 e. The second-order valence-electron chi connectivity index (χ2n) is 5.28. The minimum absolute atomic E-state index is 0.139. The summed E-state index contributed by atoms with van der Waals surface area (Å²) >= 11 is 6.07. The Morgan fingerprint density at radius 2 is 1.90 bits per heavy atom. The standard InChI is InChI=1S/C17H19ClN2O/c1-10-4-5-11(2)15(8-10)12(3)20-13-6-7-14(17(19)21)16(18)9-13/h4-9,12,20H,1-3H3,(H2,19,21). The smallest absolute Gasteiger partial charge is 0.250 e. The summed E-state index contributed by atoms with van der Waals surface area (Å²) in [6.45, 7) is 6.27. The van der Waals surface area contributed by atoms with Crippen molar-refractivity contribution in [3.8, 4) is 0 Å². The van der Waals surface area contributed by atoms with E-state index in [9.17, 15) is 4.79 Å². The van der Waals surface area contributed by atoms with Crippen molar-refractivity contribution >= 4 is 23.2 Å². The molecule has 1 unspecified atom stereocenters. The Hall–Kier alpha value is -2.00. The number of primary amides is 1. The van der Waals surface area contributed by atoms with E-state index in [0.717, 1.165) is 5.69 Å². The highest BCUT2D eigenvalue weighted by atomic mass is 35.5. The minimum atomic E-state index is -0.519. The van der Waals surface area contributed by atoms with Gasteiger partial charge < -0.3 is 11.1 Å². The van der Waals surface area contributed by atoms with E-state index in [1.165, 1.54) is 16.7 Å². The molecule has 0 saturated carbocycles. The quantitative estimate of drug-likeness (QED) is 0.888. The molecular formula is C17H19ClN2O. The summed E-state index contributed by atoms with van der Waals surface area (Å²) in [6, 6.07) is 11.7. The van der Waals surface area contributed by atoms with Gasteiger partial charge in [-0.05, 0) is 50.1 Å². The first-order chi connectivity index (χ1) is 9.88. The molecule has 2 aromatic carbocycles. The van der Waals surface area contributed by atoms with E-state index in [1.54, 1.807) is 12.1 Å². The topological polar surface area (TPSA) is 55.1 Å². The van der Waals surface area contributed by atoms with Gasteiger partial charge in [-0.25, -0.2) is 0 Å². The van der Waals surface area contributed by atoms with E-state index in [0.29, 0.717) is 10.6 Å². The number of hydrogen-bond donors (Lipinski definition) is 2. The second kappa shape index (κ2) is 6.19. The van der Waals surface area contributed by atoms with Crippen molar-refractivity contribution in [2.45, 2.75) is 26.8 Å². The van der Waals surface area contributed by atoms with Gasteiger partial charge >= 0.3 is 0 Å².